The van der Waals surface area contributed by atoms with Crippen LogP contribution in [0.4, 0.5) is 0 Å². The van der Waals surface area contributed by atoms with Crippen LogP contribution in [0.25, 0.3) is 0 Å². The highest BCUT2D eigenvalue weighted by Gasteiger charge is 2.35. The van der Waals surface area contributed by atoms with E-state index in [1.54, 1.807) is 0 Å². The summed E-state index contributed by atoms with van der Waals surface area (Å²) in [6.07, 6.45) is 2.47. The number of nitrogens with one attached hydrogen (secondary N) is 1. The highest BCUT2D eigenvalue weighted by molar-refractivity contribution is 5.84. The van der Waals surface area contributed by atoms with E-state index in [-0.39, 0.29) is 11.9 Å². The summed E-state index contributed by atoms with van der Waals surface area (Å²) in [7, 11) is 0. The Balaban J connectivity index is 2.58. The van der Waals surface area contributed by atoms with Crippen molar-refractivity contribution < 1.29 is 4.79 Å². The number of nitrogens with two attached hydrogens (primary N) is 1. The van der Waals surface area contributed by atoms with Gasteiger partial charge in [0, 0.05) is 19.1 Å². The van der Waals surface area contributed by atoms with Gasteiger partial charge in [-0.1, -0.05) is 13.3 Å². The first-order chi connectivity index (χ1) is 7.87. The largest absolute Gasteiger partial charge is 0.368 e. The van der Waals surface area contributed by atoms with Gasteiger partial charge in [0.05, 0.1) is 0 Å². The zero-order valence-corrected chi connectivity index (χ0v) is 11.6. The minimum atomic E-state index is -0.614. The topological polar surface area (TPSA) is 58.4 Å². The molecule has 2 atom stereocenters. The van der Waals surface area contributed by atoms with E-state index in [1.807, 2.05) is 20.8 Å². The number of carbonyl (C=O) groups excluding carboxylic acids is 1. The zero-order valence-electron chi connectivity index (χ0n) is 11.6. The van der Waals surface area contributed by atoms with Gasteiger partial charge in [0.2, 0.25) is 5.91 Å². The van der Waals surface area contributed by atoms with E-state index < -0.39 is 5.54 Å². The van der Waals surface area contributed by atoms with Crippen molar-refractivity contribution in [1.29, 1.82) is 0 Å². The second-order valence-electron chi connectivity index (χ2n) is 5.79. The number of primary amides is 1. The van der Waals surface area contributed by atoms with E-state index in [9.17, 15) is 4.79 Å². The van der Waals surface area contributed by atoms with Crippen LogP contribution in [0.15, 0.2) is 0 Å². The van der Waals surface area contributed by atoms with E-state index in [2.05, 4.69) is 17.1 Å². The van der Waals surface area contributed by atoms with Gasteiger partial charge >= 0.3 is 0 Å². The lowest BCUT2D eigenvalue weighted by molar-refractivity contribution is -0.124. The van der Waals surface area contributed by atoms with Crippen LogP contribution in [-0.2, 0) is 4.79 Å². The van der Waals surface area contributed by atoms with Crippen molar-refractivity contribution in [1.82, 2.24) is 10.2 Å². The average molecular weight is 241 g/mol. The van der Waals surface area contributed by atoms with Gasteiger partial charge in [0.15, 0.2) is 0 Å². The highest BCUT2D eigenvalue weighted by Crippen LogP contribution is 2.21. The van der Waals surface area contributed by atoms with E-state index in [4.69, 9.17) is 5.73 Å². The quantitative estimate of drug-likeness (QED) is 0.728. The van der Waals surface area contributed by atoms with Crippen molar-refractivity contribution in [2.24, 2.45) is 11.7 Å². The lowest BCUT2D eigenvalue weighted by atomic mass is 9.99. The first-order valence-electron chi connectivity index (χ1n) is 6.67. The summed E-state index contributed by atoms with van der Waals surface area (Å²) in [4.78, 5) is 14.0. The summed E-state index contributed by atoms with van der Waals surface area (Å²) in [6.45, 7) is 11.1. The van der Waals surface area contributed by atoms with Crippen LogP contribution in [0.1, 0.15) is 40.5 Å². The molecule has 0 aromatic heterocycles. The molecule has 0 aromatic rings. The van der Waals surface area contributed by atoms with Gasteiger partial charge < -0.3 is 16.0 Å². The van der Waals surface area contributed by atoms with Crippen molar-refractivity contribution in [2.75, 3.05) is 19.6 Å². The molecule has 0 bridgehead atoms. The van der Waals surface area contributed by atoms with Crippen molar-refractivity contribution in [3.05, 3.63) is 0 Å². The number of hydrogen-bond acceptors (Lipinski definition) is 3. The lowest BCUT2D eigenvalue weighted by Crippen LogP contribution is -2.61. The van der Waals surface area contributed by atoms with Crippen molar-refractivity contribution in [3.63, 3.8) is 0 Å². The standard InChI is InChI=1S/C13H27N3O/c1-5-11-6-7-16(8-11)9-13(4,12(14)17)15-10(2)3/h10-11,15H,5-9H2,1-4H3,(H2,14,17). The minimum Gasteiger partial charge on any atom is -0.368 e. The molecule has 1 fully saturated rings. The molecule has 17 heavy (non-hydrogen) atoms. The summed E-state index contributed by atoms with van der Waals surface area (Å²) < 4.78 is 0. The molecule has 1 aliphatic heterocycles. The smallest absolute Gasteiger partial charge is 0.238 e. The predicted molar refractivity (Wildman–Crippen MR) is 70.7 cm³/mol. The van der Waals surface area contributed by atoms with E-state index in [0.717, 1.165) is 25.6 Å². The van der Waals surface area contributed by atoms with Gasteiger partial charge in [-0.25, -0.2) is 0 Å². The number of nitrogens with zero attached hydrogens (tertiary/aromatic N) is 1. The average Bonchev–Trinajstić information content (AvgIpc) is 2.63. The van der Waals surface area contributed by atoms with Crippen molar-refractivity contribution in [2.45, 2.75) is 52.1 Å². The Morgan fingerprint density at radius 1 is 1.59 bits per heavy atom. The molecule has 4 nitrogen and oxygen atoms in total. The Morgan fingerprint density at radius 2 is 2.24 bits per heavy atom. The Kier molecular flexibility index (Phi) is 4.95. The molecule has 4 heteroatoms. The predicted octanol–water partition coefficient (Wildman–Crippen LogP) is 0.960. The third kappa shape index (κ3) is 3.96. The molecule has 1 saturated heterocycles. The Morgan fingerprint density at radius 3 is 2.65 bits per heavy atom. The monoisotopic (exact) mass is 241 g/mol. The molecule has 1 amide bonds. The van der Waals surface area contributed by atoms with Crippen LogP contribution in [0.5, 0.6) is 0 Å². The molecule has 100 valence electrons. The van der Waals surface area contributed by atoms with Crippen LogP contribution >= 0.6 is 0 Å². The second kappa shape index (κ2) is 5.83. The van der Waals surface area contributed by atoms with E-state index in [1.165, 1.54) is 12.8 Å². The zero-order chi connectivity index (χ0) is 13.1. The Hall–Kier alpha value is -0.610. The number of carbonyl (C=O) groups is 1. The normalized spacial score (nSPS) is 25.1. The maximum absolute atomic E-state index is 11.6. The molecule has 0 aliphatic carbocycles. The first-order valence-corrected chi connectivity index (χ1v) is 6.67. The van der Waals surface area contributed by atoms with Gasteiger partial charge in [-0.2, -0.15) is 0 Å². The van der Waals surface area contributed by atoms with Crippen LogP contribution in [0.3, 0.4) is 0 Å². The van der Waals surface area contributed by atoms with Gasteiger partial charge in [-0.3, -0.25) is 4.79 Å². The minimum absolute atomic E-state index is 0.258. The third-order valence-corrected chi connectivity index (χ3v) is 3.64. The Bertz CT molecular complexity index is 267. The van der Waals surface area contributed by atoms with Crippen LogP contribution in [0, 0.1) is 5.92 Å². The maximum atomic E-state index is 11.6. The lowest BCUT2D eigenvalue weighted by Gasteiger charge is -2.33. The second-order valence-corrected chi connectivity index (χ2v) is 5.79. The van der Waals surface area contributed by atoms with Crippen molar-refractivity contribution >= 4 is 5.91 Å². The molecule has 0 saturated carbocycles. The summed E-state index contributed by atoms with van der Waals surface area (Å²) >= 11 is 0. The molecule has 0 radical (unpaired) electrons. The van der Waals surface area contributed by atoms with Crippen LogP contribution < -0.4 is 11.1 Å². The summed E-state index contributed by atoms with van der Waals surface area (Å²) in [5.41, 5.74) is 4.92. The van der Waals surface area contributed by atoms with E-state index >= 15 is 0 Å². The molecular weight excluding hydrogens is 214 g/mol. The molecule has 1 aliphatic rings. The molecule has 1 heterocycles. The number of hydrogen-bond donors (Lipinski definition) is 2. The fourth-order valence-corrected chi connectivity index (χ4v) is 2.67. The van der Waals surface area contributed by atoms with Crippen LogP contribution in [0.2, 0.25) is 0 Å². The van der Waals surface area contributed by atoms with Gasteiger partial charge in [0.1, 0.15) is 5.54 Å². The first kappa shape index (κ1) is 14.5. The number of rotatable bonds is 6. The van der Waals surface area contributed by atoms with Crippen LogP contribution in [-0.4, -0.2) is 42.0 Å². The number of amides is 1. The fraction of sp³-hybridized carbons (Fsp3) is 0.923. The summed E-state index contributed by atoms with van der Waals surface area (Å²) in [5.74, 6) is 0.525. The maximum Gasteiger partial charge on any atom is 0.238 e. The van der Waals surface area contributed by atoms with Gasteiger partial charge in [-0.15, -0.1) is 0 Å². The molecule has 3 N–H and O–H groups in total. The molecule has 2 unspecified atom stereocenters. The van der Waals surface area contributed by atoms with Gasteiger partial charge in [0.25, 0.3) is 0 Å². The fourth-order valence-electron chi connectivity index (χ4n) is 2.67. The molecule has 1 rings (SSSR count). The molecular formula is C13H27N3O. The molecule has 0 spiro atoms. The summed E-state index contributed by atoms with van der Waals surface area (Å²) in [6, 6.07) is 0.261. The SMILES string of the molecule is CCC1CCN(CC(C)(NC(C)C)C(N)=O)C1. The summed E-state index contributed by atoms with van der Waals surface area (Å²) in [5, 5.41) is 3.30. The highest BCUT2D eigenvalue weighted by atomic mass is 16.1. The van der Waals surface area contributed by atoms with E-state index in [0.29, 0.717) is 0 Å². The Labute approximate surface area is 105 Å². The molecule has 0 aromatic carbocycles. The van der Waals surface area contributed by atoms with Crippen molar-refractivity contribution in [3.8, 4) is 0 Å². The third-order valence-electron chi connectivity index (χ3n) is 3.64. The van der Waals surface area contributed by atoms with Gasteiger partial charge in [-0.05, 0) is 39.7 Å². The number of likely N-dealkylation sites (tertiary alicyclic amines) is 1.